The molecule has 0 aliphatic carbocycles. The number of thioether (sulfide) groups is 1. The fraction of sp³-hybridized carbons (Fsp3) is 0.0556. The molecule has 2 aromatic heterocycles. The van der Waals surface area contributed by atoms with E-state index in [0.717, 1.165) is 5.52 Å². The molecule has 28 heavy (non-hydrogen) atoms. The van der Waals surface area contributed by atoms with E-state index in [9.17, 15) is 9.59 Å². The van der Waals surface area contributed by atoms with Gasteiger partial charge < -0.3 is 4.98 Å². The lowest BCUT2D eigenvalue weighted by Gasteiger charge is -2.02. The Morgan fingerprint density at radius 3 is 2.79 bits per heavy atom. The van der Waals surface area contributed by atoms with Gasteiger partial charge in [-0.3, -0.25) is 14.9 Å². The second-order valence-electron chi connectivity index (χ2n) is 5.63. The minimum absolute atomic E-state index is 0.233. The molecule has 1 amide bonds. The Morgan fingerprint density at radius 1 is 1.14 bits per heavy atom. The monoisotopic (exact) mass is 429 g/mol. The average Bonchev–Trinajstić information content (AvgIpc) is 3.14. The normalized spacial score (nSPS) is 10.9. The summed E-state index contributed by atoms with van der Waals surface area (Å²) >= 11 is 8.57. The third kappa shape index (κ3) is 4.06. The number of carbonyl (C=O) groups excluding carboxylic acids is 1. The number of rotatable bonds is 5. The maximum Gasteiger partial charge on any atom is 0.271 e. The van der Waals surface area contributed by atoms with Crippen molar-refractivity contribution in [2.75, 3.05) is 5.32 Å². The van der Waals surface area contributed by atoms with Crippen LogP contribution in [0.2, 0.25) is 5.02 Å². The van der Waals surface area contributed by atoms with Crippen molar-refractivity contribution < 1.29 is 4.79 Å². The number of carbonyl (C=O) groups is 1. The molecule has 2 heterocycles. The van der Waals surface area contributed by atoms with Crippen LogP contribution in [0.25, 0.3) is 11.0 Å². The topological polar surface area (TPSA) is 101 Å². The van der Waals surface area contributed by atoms with Gasteiger partial charge in [0.1, 0.15) is 5.69 Å². The average molecular weight is 430 g/mol. The van der Waals surface area contributed by atoms with Gasteiger partial charge in [0.15, 0.2) is 4.34 Å². The van der Waals surface area contributed by atoms with E-state index in [1.165, 1.54) is 23.1 Å². The summed E-state index contributed by atoms with van der Waals surface area (Å²) in [6.45, 7) is 0. The molecule has 0 atom stereocenters. The van der Waals surface area contributed by atoms with Gasteiger partial charge in [0.25, 0.3) is 11.5 Å². The highest BCUT2D eigenvalue weighted by Gasteiger charge is 2.14. The van der Waals surface area contributed by atoms with Crippen molar-refractivity contribution in [3.8, 4) is 0 Å². The van der Waals surface area contributed by atoms with Crippen molar-refractivity contribution in [2.24, 2.45) is 0 Å². The number of hydrogen-bond acceptors (Lipinski definition) is 7. The molecule has 0 aliphatic heterocycles. The molecule has 0 aliphatic rings. The van der Waals surface area contributed by atoms with E-state index >= 15 is 0 Å². The molecule has 2 N–H and O–H groups in total. The second-order valence-corrected chi connectivity index (χ2v) is 8.23. The lowest BCUT2D eigenvalue weighted by Crippen LogP contribution is -2.14. The minimum Gasteiger partial charge on any atom is -0.319 e. The molecule has 0 radical (unpaired) electrons. The number of H-pyrrole nitrogens is 1. The molecule has 0 saturated heterocycles. The van der Waals surface area contributed by atoms with Crippen LogP contribution in [0.1, 0.15) is 16.1 Å². The van der Waals surface area contributed by atoms with Gasteiger partial charge in [0.2, 0.25) is 5.13 Å². The number of nitrogens with zero attached hydrogens (tertiary/aromatic N) is 3. The number of benzene rings is 2. The first-order valence-corrected chi connectivity index (χ1v) is 10.3. The van der Waals surface area contributed by atoms with Crippen molar-refractivity contribution >= 4 is 56.8 Å². The lowest BCUT2D eigenvalue weighted by molar-refractivity contribution is 0.102. The summed E-state index contributed by atoms with van der Waals surface area (Å²) in [5.74, 6) is -0.0151. The third-order valence-electron chi connectivity index (χ3n) is 3.75. The summed E-state index contributed by atoms with van der Waals surface area (Å²) in [4.78, 5) is 31.7. The lowest BCUT2D eigenvalue weighted by atomic mass is 10.2. The van der Waals surface area contributed by atoms with Crippen LogP contribution in [-0.4, -0.2) is 26.1 Å². The molecular weight excluding hydrogens is 418 g/mol. The predicted molar refractivity (Wildman–Crippen MR) is 111 cm³/mol. The summed E-state index contributed by atoms with van der Waals surface area (Å²) in [6.07, 6.45) is 0. The summed E-state index contributed by atoms with van der Waals surface area (Å²) in [5.41, 5.74) is 1.95. The number of para-hydroxylation sites is 2. The number of hydrogen-bond donors (Lipinski definition) is 2. The Labute approximate surface area is 172 Å². The number of fused-ring (bicyclic) bond motifs is 1. The first-order valence-electron chi connectivity index (χ1n) is 8.10. The van der Waals surface area contributed by atoms with E-state index in [-0.39, 0.29) is 11.5 Å². The van der Waals surface area contributed by atoms with Crippen LogP contribution < -0.4 is 10.9 Å². The summed E-state index contributed by atoms with van der Waals surface area (Å²) < 4.78 is 0.615. The molecule has 0 bridgehead atoms. The smallest absolute Gasteiger partial charge is 0.271 e. The highest BCUT2D eigenvalue weighted by Crippen LogP contribution is 2.28. The van der Waals surface area contributed by atoms with Crippen molar-refractivity contribution in [2.45, 2.75) is 10.1 Å². The summed E-state index contributed by atoms with van der Waals surface area (Å²) in [7, 11) is 0. The fourth-order valence-electron chi connectivity index (χ4n) is 2.42. The van der Waals surface area contributed by atoms with Gasteiger partial charge in [-0.15, -0.1) is 10.2 Å². The minimum atomic E-state index is -0.356. The van der Waals surface area contributed by atoms with E-state index in [4.69, 9.17) is 11.6 Å². The second kappa shape index (κ2) is 8.09. The molecule has 4 rings (SSSR count). The van der Waals surface area contributed by atoms with E-state index in [2.05, 4.69) is 25.5 Å². The van der Waals surface area contributed by atoms with Crippen LogP contribution in [0.4, 0.5) is 5.13 Å². The molecule has 4 aromatic rings. The molecule has 0 spiro atoms. The van der Waals surface area contributed by atoms with Crippen LogP contribution in [0.15, 0.2) is 57.7 Å². The van der Waals surface area contributed by atoms with Crippen molar-refractivity contribution in [3.63, 3.8) is 0 Å². The van der Waals surface area contributed by atoms with E-state index < -0.39 is 0 Å². The predicted octanol–water partition coefficient (Wildman–Crippen LogP) is 3.97. The Hall–Kier alpha value is -2.75. The first-order chi connectivity index (χ1) is 13.6. The highest BCUT2D eigenvalue weighted by atomic mass is 35.5. The molecule has 140 valence electrons. The van der Waals surface area contributed by atoms with Gasteiger partial charge in [-0.2, -0.15) is 0 Å². The zero-order chi connectivity index (χ0) is 19.5. The van der Waals surface area contributed by atoms with E-state index in [1.54, 1.807) is 30.3 Å². The Kier molecular flexibility index (Phi) is 5.38. The summed E-state index contributed by atoms with van der Waals surface area (Å²) in [6, 6.07) is 14.1. The maximum atomic E-state index is 12.3. The first kappa shape index (κ1) is 18.6. The number of halogens is 1. The maximum absolute atomic E-state index is 12.3. The number of aromatic nitrogens is 4. The largest absolute Gasteiger partial charge is 0.319 e. The van der Waals surface area contributed by atoms with Crippen molar-refractivity contribution in [3.05, 3.63) is 75.2 Å². The summed E-state index contributed by atoms with van der Waals surface area (Å²) in [5, 5.41) is 11.4. The van der Waals surface area contributed by atoms with Gasteiger partial charge in [-0.1, -0.05) is 59.0 Å². The Balaban J connectivity index is 1.44. The molecular formula is C18H12ClN5O2S2. The van der Waals surface area contributed by atoms with Crippen LogP contribution in [-0.2, 0) is 5.75 Å². The number of amides is 1. The number of nitrogens with one attached hydrogen (secondary N) is 2. The van der Waals surface area contributed by atoms with Crippen LogP contribution >= 0.6 is 34.7 Å². The van der Waals surface area contributed by atoms with Crippen LogP contribution in [0.5, 0.6) is 0 Å². The van der Waals surface area contributed by atoms with Crippen molar-refractivity contribution in [1.29, 1.82) is 0 Å². The van der Waals surface area contributed by atoms with Gasteiger partial charge in [0.05, 0.1) is 21.6 Å². The van der Waals surface area contributed by atoms with Crippen LogP contribution in [0.3, 0.4) is 0 Å². The molecule has 2 aromatic carbocycles. The van der Waals surface area contributed by atoms with Crippen LogP contribution in [0, 0.1) is 0 Å². The quantitative estimate of drug-likeness (QED) is 0.367. The number of aromatic amines is 1. The molecule has 7 nitrogen and oxygen atoms in total. The number of anilines is 1. The van der Waals surface area contributed by atoms with Gasteiger partial charge >= 0.3 is 0 Å². The highest BCUT2D eigenvalue weighted by molar-refractivity contribution is 8.00. The zero-order valence-electron chi connectivity index (χ0n) is 14.2. The standard InChI is InChI=1S/C18H12ClN5O2S2/c19-11-6-2-1-5-10(11)15(25)22-17-23-24-18(28-17)27-9-14-16(26)21-13-8-4-3-7-12(13)20-14/h1-8H,9H2,(H,21,26)(H,22,23,25). The zero-order valence-corrected chi connectivity index (χ0v) is 16.6. The van der Waals surface area contributed by atoms with E-state index in [1.807, 2.05) is 18.2 Å². The molecule has 0 unspecified atom stereocenters. The molecule has 0 fully saturated rings. The Morgan fingerprint density at radius 2 is 1.93 bits per heavy atom. The van der Waals surface area contributed by atoms with Gasteiger partial charge in [-0.05, 0) is 24.3 Å². The van der Waals surface area contributed by atoms with Crippen molar-refractivity contribution in [1.82, 2.24) is 20.2 Å². The van der Waals surface area contributed by atoms with E-state index in [0.29, 0.717) is 37.0 Å². The van der Waals surface area contributed by atoms with Gasteiger partial charge in [0, 0.05) is 5.75 Å². The SMILES string of the molecule is O=C(Nc1nnc(SCc2nc3ccccc3[nH]c2=O)s1)c1ccccc1Cl. The fourth-order valence-corrected chi connectivity index (χ4v) is 4.32. The molecule has 10 heteroatoms. The Bertz CT molecular complexity index is 1220. The molecule has 0 saturated carbocycles. The third-order valence-corrected chi connectivity index (χ3v) is 6.06. The van der Waals surface area contributed by atoms with Gasteiger partial charge in [-0.25, -0.2) is 4.98 Å².